The first-order valence-electron chi connectivity index (χ1n) is 4.41. The van der Waals surface area contributed by atoms with Crippen molar-refractivity contribution < 1.29 is 4.79 Å². The van der Waals surface area contributed by atoms with Crippen molar-refractivity contribution in [3.63, 3.8) is 0 Å². The van der Waals surface area contributed by atoms with Crippen molar-refractivity contribution >= 4 is 5.78 Å². The van der Waals surface area contributed by atoms with E-state index in [9.17, 15) is 4.79 Å². The Hall–Kier alpha value is -0.370. The van der Waals surface area contributed by atoms with Gasteiger partial charge in [0, 0.05) is 12.5 Å². The van der Waals surface area contributed by atoms with Crippen molar-refractivity contribution in [1.82, 2.24) is 5.32 Å². The zero-order valence-corrected chi connectivity index (χ0v) is 7.39. The second-order valence-electron chi connectivity index (χ2n) is 3.69. The third-order valence-corrected chi connectivity index (χ3v) is 2.30. The van der Waals surface area contributed by atoms with Crippen LogP contribution in [-0.2, 0) is 4.79 Å². The van der Waals surface area contributed by atoms with E-state index in [1.165, 1.54) is 12.8 Å². The predicted molar refractivity (Wildman–Crippen MR) is 45.5 cm³/mol. The Labute approximate surface area is 68.4 Å². The zero-order chi connectivity index (χ0) is 8.27. The molecule has 0 radical (unpaired) electrons. The minimum Gasteiger partial charge on any atom is -0.313 e. The summed E-state index contributed by atoms with van der Waals surface area (Å²) in [4.78, 5) is 10.8. The van der Waals surface area contributed by atoms with E-state index >= 15 is 0 Å². The molecule has 2 heteroatoms. The molecule has 0 aromatic carbocycles. The predicted octanol–water partition coefficient (Wildman–Crippen LogP) is 1.35. The molecular weight excluding hydrogens is 138 g/mol. The molecule has 1 aliphatic rings. The van der Waals surface area contributed by atoms with Crippen LogP contribution in [0.1, 0.15) is 33.1 Å². The summed E-state index contributed by atoms with van der Waals surface area (Å²) in [5.74, 6) is 1.09. The van der Waals surface area contributed by atoms with E-state index in [-0.39, 0.29) is 0 Å². The molecule has 0 spiro atoms. The fraction of sp³-hybridized carbons (Fsp3) is 0.889. The number of hydrogen-bond donors (Lipinski definition) is 1. The summed E-state index contributed by atoms with van der Waals surface area (Å²) in [5.41, 5.74) is 0. The number of Topliss-reactive ketones (excluding diaryl/α,β-unsaturated/α-hetero) is 1. The number of carbonyl (C=O) groups is 1. The largest absolute Gasteiger partial charge is 0.313 e. The molecule has 2 atom stereocenters. The first-order chi connectivity index (χ1) is 5.18. The minimum atomic E-state index is 0.303. The Bertz CT molecular complexity index is 136. The summed E-state index contributed by atoms with van der Waals surface area (Å²) in [7, 11) is 0. The maximum Gasteiger partial charge on any atom is 0.131 e. The maximum atomic E-state index is 10.8. The zero-order valence-electron chi connectivity index (χ0n) is 7.39. The molecule has 1 N–H and O–H groups in total. The van der Waals surface area contributed by atoms with Crippen molar-refractivity contribution in [3.8, 4) is 0 Å². The Morgan fingerprint density at radius 2 is 2.27 bits per heavy atom. The molecule has 0 aliphatic carbocycles. The Morgan fingerprint density at radius 3 is 2.73 bits per heavy atom. The molecule has 1 saturated heterocycles. The van der Waals surface area contributed by atoms with Crippen LogP contribution in [-0.4, -0.2) is 18.4 Å². The van der Waals surface area contributed by atoms with Gasteiger partial charge in [-0.2, -0.15) is 0 Å². The topological polar surface area (TPSA) is 29.1 Å². The standard InChI is InChI=1S/C9H17NO/c1-7-3-4-9(10-6-7)5-8(2)11/h7,9-10H,3-6H2,1-2H3/t7-,9-/m0/s1. The highest BCUT2D eigenvalue weighted by Gasteiger charge is 2.17. The molecule has 0 saturated carbocycles. The lowest BCUT2D eigenvalue weighted by Crippen LogP contribution is -2.38. The van der Waals surface area contributed by atoms with E-state index in [1.807, 2.05) is 0 Å². The lowest BCUT2D eigenvalue weighted by molar-refractivity contribution is -0.117. The van der Waals surface area contributed by atoms with Gasteiger partial charge < -0.3 is 5.32 Å². The summed E-state index contributed by atoms with van der Waals surface area (Å²) in [6.07, 6.45) is 3.15. The van der Waals surface area contributed by atoms with Crippen LogP contribution in [0.25, 0.3) is 0 Å². The van der Waals surface area contributed by atoms with Crippen LogP contribution in [0.5, 0.6) is 0 Å². The SMILES string of the molecule is CC(=O)C[C@@H]1CC[C@H](C)CN1. The third kappa shape index (κ3) is 3.02. The van der Waals surface area contributed by atoms with E-state index in [0.717, 1.165) is 12.5 Å². The Morgan fingerprint density at radius 1 is 1.55 bits per heavy atom. The van der Waals surface area contributed by atoms with Gasteiger partial charge in [0.1, 0.15) is 5.78 Å². The highest BCUT2D eigenvalue weighted by Crippen LogP contribution is 2.15. The average molecular weight is 155 g/mol. The second-order valence-corrected chi connectivity index (χ2v) is 3.69. The van der Waals surface area contributed by atoms with E-state index in [0.29, 0.717) is 18.2 Å². The quantitative estimate of drug-likeness (QED) is 0.652. The van der Waals surface area contributed by atoms with Gasteiger partial charge in [-0.3, -0.25) is 4.79 Å². The van der Waals surface area contributed by atoms with Gasteiger partial charge in [-0.1, -0.05) is 6.92 Å². The van der Waals surface area contributed by atoms with Gasteiger partial charge >= 0.3 is 0 Å². The van der Waals surface area contributed by atoms with Crippen molar-refractivity contribution in [2.45, 2.75) is 39.2 Å². The van der Waals surface area contributed by atoms with Crippen molar-refractivity contribution in [2.75, 3.05) is 6.54 Å². The third-order valence-electron chi connectivity index (χ3n) is 2.30. The van der Waals surface area contributed by atoms with Gasteiger partial charge in [-0.15, -0.1) is 0 Å². The molecule has 1 heterocycles. The summed E-state index contributed by atoms with van der Waals surface area (Å²) < 4.78 is 0. The van der Waals surface area contributed by atoms with Crippen LogP contribution in [0.2, 0.25) is 0 Å². The number of nitrogens with one attached hydrogen (secondary N) is 1. The summed E-state index contributed by atoms with van der Waals surface area (Å²) in [6, 6.07) is 0.462. The number of hydrogen-bond acceptors (Lipinski definition) is 2. The van der Waals surface area contributed by atoms with Gasteiger partial charge in [0.2, 0.25) is 0 Å². The smallest absolute Gasteiger partial charge is 0.131 e. The first-order valence-corrected chi connectivity index (χ1v) is 4.41. The van der Waals surface area contributed by atoms with Crippen molar-refractivity contribution in [3.05, 3.63) is 0 Å². The summed E-state index contributed by atoms with van der Waals surface area (Å²) in [5, 5.41) is 3.38. The van der Waals surface area contributed by atoms with Crippen LogP contribution in [0, 0.1) is 5.92 Å². The number of rotatable bonds is 2. The molecule has 1 rings (SSSR count). The molecule has 0 amide bonds. The molecule has 1 aliphatic heterocycles. The minimum absolute atomic E-state index is 0.303. The molecule has 64 valence electrons. The maximum absolute atomic E-state index is 10.8. The van der Waals surface area contributed by atoms with Crippen LogP contribution < -0.4 is 5.32 Å². The molecular formula is C9H17NO. The number of ketones is 1. The molecule has 11 heavy (non-hydrogen) atoms. The Balaban J connectivity index is 2.22. The Kier molecular flexibility index (Phi) is 3.06. The van der Waals surface area contributed by atoms with Crippen molar-refractivity contribution in [1.29, 1.82) is 0 Å². The van der Waals surface area contributed by atoms with Crippen molar-refractivity contribution in [2.24, 2.45) is 5.92 Å². The highest BCUT2D eigenvalue weighted by molar-refractivity contribution is 5.76. The number of carbonyl (C=O) groups excluding carboxylic acids is 1. The fourth-order valence-corrected chi connectivity index (χ4v) is 1.58. The molecule has 0 unspecified atom stereocenters. The first kappa shape index (κ1) is 8.72. The van der Waals surface area contributed by atoms with Gasteiger partial charge in [-0.05, 0) is 32.2 Å². The van der Waals surface area contributed by atoms with Crippen LogP contribution in [0.3, 0.4) is 0 Å². The monoisotopic (exact) mass is 155 g/mol. The molecule has 0 bridgehead atoms. The van der Waals surface area contributed by atoms with Gasteiger partial charge in [0.15, 0.2) is 0 Å². The molecule has 1 fully saturated rings. The summed E-state index contributed by atoms with van der Waals surface area (Å²) >= 11 is 0. The van der Waals surface area contributed by atoms with E-state index in [2.05, 4.69) is 12.2 Å². The van der Waals surface area contributed by atoms with E-state index in [4.69, 9.17) is 0 Å². The van der Waals surface area contributed by atoms with Gasteiger partial charge in [0.25, 0.3) is 0 Å². The van der Waals surface area contributed by atoms with Crippen LogP contribution >= 0.6 is 0 Å². The van der Waals surface area contributed by atoms with E-state index in [1.54, 1.807) is 6.92 Å². The highest BCUT2D eigenvalue weighted by atomic mass is 16.1. The van der Waals surface area contributed by atoms with Crippen LogP contribution in [0.4, 0.5) is 0 Å². The second kappa shape index (κ2) is 3.86. The lowest BCUT2D eigenvalue weighted by atomic mass is 9.94. The molecule has 0 aromatic rings. The fourth-order valence-electron chi connectivity index (χ4n) is 1.58. The normalized spacial score (nSPS) is 31.8. The van der Waals surface area contributed by atoms with E-state index < -0.39 is 0 Å². The van der Waals surface area contributed by atoms with Gasteiger partial charge in [-0.25, -0.2) is 0 Å². The molecule has 2 nitrogen and oxygen atoms in total. The number of piperidine rings is 1. The van der Waals surface area contributed by atoms with Gasteiger partial charge in [0.05, 0.1) is 0 Å². The summed E-state index contributed by atoms with van der Waals surface area (Å²) in [6.45, 7) is 4.99. The lowest BCUT2D eigenvalue weighted by Gasteiger charge is -2.26. The van der Waals surface area contributed by atoms with Crippen LogP contribution in [0.15, 0.2) is 0 Å². The average Bonchev–Trinajstić information content (AvgIpc) is 1.93. The molecule has 0 aromatic heterocycles.